The van der Waals surface area contributed by atoms with Gasteiger partial charge < -0.3 is 10.4 Å². The van der Waals surface area contributed by atoms with E-state index < -0.39 is 0 Å². The molecule has 1 atom stereocenters. The third kappa shape index (κ3) is 5.43. The molecule has 1 rings (SSSR count). The molecule has 2 N–H and O–H groups in total. The Labute approximate surface area is 123 Å². The van der Waals surface area contributed by atoms with Gasteiger partial charge in [0, 0.05) is 18.0 Å². The van der Waals surface area contributed by atoms with Crippen LogP contribution in [0.5, 0.6) is 0 Å². The van der Waals surface area contributed by atoms with Gasteiger partial charge in [-0.2, -0.15) is 0 Å². The molecule has 0 radical (unpaired) electrons. The number of hydrogen-bond acceptors (Lipinski definition) is 3. The lowest BCUT2D eigenvalue weighted by atomic mass is 10.1. The zero-order chi connectivity index (χ0) is 14.3. The van der Waals surface area contributed by atoms with E-state index in [2.05, 4.69) is 5.32 Å². The third-order valence-electron chi connectivity index (χ3n) is 2.89. The molecule has 0 saturated heterocycles. The molecule has 106 valence electrons. The van der Waals surface area contributed by atoms with E-state index in [1.54, 1.807) is 23.9 Å². The molecule has 3 nitrogen and oxygen atoms in total. The molecule has 1 aromatic carbocycles. The van der Waals surface area contributed by atoms with Crippen LogP contribution in [0.25, 0.3) is 0 Å². The Hall–Kier alpha value is -0.710. The van der Waals surface area contributed by atoms with Crippen LogP contribution < -0.4 is 5.32 Å². The zero-order valence-corrected chi connectivity index (χ0v) is 12.9. The van der Waals surface area contributed by atoms with E-state index in [-0.39, 0.29) is 18.4 Å². The number of aliphatic hydroxyl groups excluding tert-OH is 1. The van der Waals surface area contributed by atoms with Gasteiger partial charge >= 0.3 is 0 Å². The first-order valence-electron chi connectivity index (χ1n) is 6.31. The van der Waals surface area contributed by atoms with E-state index in [1.807, 2.05) is 19.2 Å². The van der Waals surface area contributed by atoms with Crippen molar-refractivity contribution in [1.82, 2.24) is 5.32 Å². The number of benzene rings is 1. The first-order valence-corrected chi connectivity index (χ1v) is 7.91. The SMILES string of the molecule is CSc1ccc(Cl)c(C(=O)NCCCC(C)CO)c1. The van der Waals surface area contributed by atoms with E-state index in [0.717, 1.165) is 17.7 Å². The number of nitrogens with one attached hydrogen (secondary N) is 1. The normalized spacial score (nSPS) is 12.2. The molecule has 0 aliphatic rings. The molecule has 5 heteroatoms. The highest BCUT2D eigenvalue weighted by molar-refractivity contribution is 7.98. The lowest BCUT2D eigenvalue weighted by molar-refractivity contribution is 0.0952. The number of carbonyl (C=O) groups is 1. The lowest BCUT2D eigenvalue weighted by Crippen LogP contribution is -2.25. The van der Waals surface area contributed by atoms with Gasteiger partial charge in [0.1, 0.15) is 0 Å². The molecular weight excluding hydrogens is 282 g/mol. The number of hydrogen-bond donors (Lipinski definition) is 2. The monoisotopic (exact) mass is 301 g/mol. The van der Waals surface area contributed by atoms with Crippen LogP contribution in [0.3, 0.4) is 0 Å². The molecule has 1 amide bonds. The second-order valence-corrected chi connectivity index (χ2v) is 5.82. The van der Waals surface area contributed by atoms with E-state index in [4.69, 9.17) is 16.7 Å². The molecule has 0 bridgehead atoms. The van der Waals surface area contributed by atoms with E-state index >= 15 is 0 Å². The minimum absolute atomic E-state index is 0.141. The van der Waals surface area contributed by atoms with Gasteiger partial charge in [-0.25, -0.2) is 0 Å². The van der Waals surface area contributed by atoms with E-state index in [0.29, 0.717) is 17.1 Å². The first kappa shape index (κ1) is 16.3. The summed E-state index contributed by atoms with van der Waals surface area (Å²) in [5.41, 5.74) is 0.517. The number of halogens is 1. The molecule has 0 fully saturated rings. The summed E-state index contributed by atoms with van der Waals surface area (Å²) in [7, 11) is 0. The summed E-state index contributed by atoms with van der Waals surface area (Å²) in [5.74, 6) is 0.137. The molecule has 0 heterocycles. The van der Waals surface area contributed by atoms with E-state index in [9.17, 15) is 4.79 Å². The summed E-state index contributed by atoms with van der Waals surface area (Å²) in [6, 6.07) is 5.45. The Kier molecular flexibility index (Phi) is 7.28. The minimum atomic E-state index is -0.141. The standard InChI is InChI=1S/C14H20ClNO2S/c1-10(9-17)4-3-7-16-14(18)12-8-11(19-2)5-6-13(12)15/h5-6,8,10,17H,3-4,7,9H2,1-2H3,(H,16,18). The second-order valence-electron chi connectivity index (χ2n) is 4.53. The van der Waals surface area contributed by atoms with Gasteiger partial charge in [-0.15, -0.1) is 11.8 Å². The molecule has 0 aliphatic carbocycles. The van der Waals surface area contributed by atoms with Gasteiger partial charge in [0.25, 0.3) is 5.91 Å². The van der Waals surface area contributed by atoms with Crippen LogP contribution in [-0.4, -0.2) is 30.4 Å². The van der Waals surface area contributed by atoms with Crippen molar-refractivity contribution in [3.63, 3.8) is 0 Å². The predicted octanol–water partition coefficient (Wildman–Crippen LogP) is 3.20. The van der Waals surface area contributed by atoms with Gasteiger partial charge in [-0.1, -0.05) is 18.5 Å². The summed E-state index contributed by atoms with van der Waals surface area (Å²) >= 11 is 7.61. The average molecular weight is 302 g/mol. The fourth-order valence-electron chi connectivity index (χ4n) is 1.64. The Bertz CT molecular complexity index is 426. The summed E-state index contributed by atoms with van der Waals surface area (Å²) in [4.78, 5) is 13.0. The van der Waals surface area contributed by atoms with Gasteiger partial charge in [0.05, 0.1) is 10.6 Å². The summed E-state index contributed by atoms with van der Waals surface area (Å²) in [5, 5.41) is 12.2. The molecule has 1 aromatic rings. The largest absolute Gasteiger partial charge is 0.396 e. The van der Waals surface area contributed by atoms with Gasteiger partial charge in [0.15, 0.2) is 0 Å². The number of aliphatic hydroxyl groups is 1. The first-order chi connectivity index (χ1) is 9.08. The van der Waals surface area contributed by atoms with Crippen LogP contribution in [0.15, 0.2) is 23.1 Å². The quantitative estimate of drug-likeness (QED) is 0.600. The topological polar surface area (TPSA) is 49.3 Å². The molecule has 19 heavy (non-hydrogen) atoms. The van der Waals surface area contributed by atoms with Crippen LogP contribution >= 0.6 is 23.4 Å². The fraction of sp³-hybridized carbons (Fsp3) is 0.500. The number of carbonyl (C=O) groups excluding carboxylic acids is 1. The highest BCUT2D eigenvalue weighted by atomic mass is 35.5. The van der Waals surface area contributed by atoms with Crippen molar-refractivity contribution >= 4 is 29.3 Å². The second kappa shape index (κ2) is 8.46. The van der Waals surface area contributed by atoms with Crippen LogP contribution in [0.4, 0.5) is 0 Å². The summed E-state index contributed by atoms with van der Waals surface area (Å²) in [6.45, 7) is 2.78. The lowest BCUT2D eigenvalue weighted by Gasteiger charge is -2.10. The van der Waals surface area contributed by atoms with Crippen LogP contribution in [0.1, 0.15) is 30.1 Å². The number of amides is 1. The molecule has 0 aliphatic heterocycles. The van der Waals surface area contributed by atoms with Gasteiger partial charge in [-0.05, 0) is 43.2 Å². The Morgan fingerprint density at radius 3 is 2.89 bits per heavy atom. The maximum atomic E-state index is 12.0. The average Bonchev–Trinajstić information content (AvgIpc) is 2.43. The van der Waals surface area contributed by atoms with Crippen molar-refractivity contribution in [2.45, 2.75) is 24.7 Å². The molecule has 1 unspecified atom stereocenters. The Balaban J connectivity index is 2.49. The zero-order valence-electron chi connectivity index (χ0n) is 11.3. The highest BCUT2D eigenvalue weighted by Crippen LogP contribution is 2.22. The van der Waals surface area contributed by atoms with Crippen molar-refractivity contribution in [1.29, 1.82) is 0 Å². The maximum absolute atomic E-state index is 12.0. The number of thioether (sulfide) groups is 1. The highest BCUT2D eigenvalue weighted by Gasteiger charge is 2.10. The molecule has 0 aromatic heterocycles. The fourth-order valence-corrected chi connectivity index (χ4v) is 2.29. The van der Waals surface area contributed by atoms with Crippen LogP contribution in [0, 0.1) is 5.92 Å². The Morgan fingerprint density at radius 2 is 2.26 bits per heavy atom. The van der Waals surface area contributed by atoms with Crippen molar-refractivity contribution in [2.75, 3.05) is 19.4 Å². The van der Waals surface area contributed by atoms with Crippen LogP contribution in [0.2, 0.25) is 5.02 Å². The minimum Gasteiger partial charge on any atom is -0.396 e. The molecular formula is C14H20ClNO2S. The molecule has 0 spiro atoms. The van der Waals surface area contributed by atoms with Crippen LogP contribution in [-0.2, 0) is 0 Å². The van der Waals surface area contributed by atoms with E-state index in [1.165, 1.54) is 0 Å². The summed E-state index contributed by atoms with van der Waals surface area (Å²) in [6.07, 6.45) is 3.71. The van der Waals surface area contributed by atoms with Crippen molar-refractivity contribution in [2.24, 2.45) is 5.92 Å². The maximum Gasteiger partial charge on any atom is 0.252 e. The predicted molar refractivity (Wildman–Crippen MR) is 81.1 cm³/mol. The van der Waals surface area contributed by atoms with Crippen molar-refractivity contribution in [3.8, 4) is 0 Å². The van der Waals surface area contributed by atoms with Crippen molar-refractivity contribution in [3.05, 3.63) is 28.8 Å². The number of rotatable bonds is 7. The van der Waals surface area contributed by atoms with Gasteiger partial charge in [-0.3, -0.25) is 4.79 Å². The van der Waals surface area contributed by atoms with Crippen molar-refractivity contribution < 1.29 is 9.90 Å². The Morgan fingerprint density at radius 1 is 1.53 bits per heavy atom. The molecule has 0 saturated carbocycles. The summed E-state index contributed by atoms with van der Waals surface area (Å²) < 4.78 is 0. The third-order valence-corrected chi connectivity index (χ3v) is 3.94. The van der Waals surface area contributed by atoms with Gasteiger partial charge in [0.2, 0.25) is 0 Å². The smallest absolute Gasteiger partial charge is 0.252 e.